The Labute approximate surface area is 170 Å². The Hall–Kier alpha value is -1.70. The first-order valence-electron chi connectivity index (χ1n) is 9.83. The van der Waals surface area contributed by atoms with Gasteiger partial charge in [-0.3, -0.25) is 4.68 Å². The number of amides is 1. The molecule has 1 saturated heterocycles. The number of nitrogens with zero attached hydrogens (tertiary/aromatic N) is 4. The molecule has 2 heterocycles. The molecule has 1 aliphatic heterocycles. The van der Waals surface area contributed by atoms with Crippen molar-refractivity contribution < 1.29 is 13.7 Å². The number of hydrogen-bond acceptors (Lipinski definition) is 4. The molecule has 3 rings (SSSR count). The number of rotatable bonds is 1. The quantitative estimate of drug-likeness (QED) is 0.715. The van der Waals surface area contributed by atoms with Crippen LogP contribution in [0.2, 0.25) is 0 Å². The van der Waals surface area contributed by atoms with Crippen LogP contribution in [0.15, 0.2) is 10.6 Å². The molecule has 1 aliphatic carbocycles. The molecule has 7 nitrogen and oxygen atoms in total. The van der Waals surface area contributed by atoms with Crippen LogP contribution in [0.25, 0.3) is 0 Å². The lowest BCUT2D eigenvalue weighted by molar-refractivity contribution is 0.0158. The lowest BCUT2D eigenvalue weighted by Gasteiger charge is -2.40. The smallest absolute Gasteiger partial charge is 0.410 e. The number of fused-ring (bicyclic) bond motifs is 1. The van der Waals surface area contributed by atoms with Crippen molar-refractivity contribution in [3.63, 3.8) is 0 Å². The fourth-order valence-corrected chi connectivity index (χ4v) is 4.52. The SMILES string of the molecule is Cn1ncc2c1CC1(CCN(C(=O)OC(C)(C)C)CC1)/C2=N\[S@](=O)C(C)(C)C. The van der Waals surface area contributed by atoms with E-state index in [1.165, 1.54) is 0 Å². The first-order valence-corrected chi connectivity index (χ1v) is 10.9. The number of aryl methyl sites for hydroxylation is 1. The van der Waals surface area contributed by atoms with Gasteiger partial charge in [-0.2, -0.15) is 9.50 Å². The van der Waals surface area contributed by atoms with E-state index in [2.05, 4.69) is 5.10 Å². The second kappa shape index (κ2) is 6.97. The Bertz CT molecular complexity index is 821. The van der Waals surface area contributed by atoms with Crippen molar-refractivity contribution >= 4 is 22.8 Å². The molecule has 1 atom stereocenters. The fraction of sp³-hybridized carbons (Fsp3) is 0.750. The number of piperidine rings is 1. The molecule has 0 N–H and O–H groups in total. The van der Waals surface area contributed by atoms with Crippen molar-refractivity contribution in [1.29, 1.82) is 0 Å². The summed E-state index contributed by atoms with van der Waals surface area (Å²) in [5.74, 6) is 0. The van der Waals surface area contributed by atoms with E-state index in [1.54, 1.807) is 4.90 Å². The van der Waals surface area contributed by atoms with Crippen LogP contribution in [0.5, 0.6) is 0 Å². The Morgan fingerprint density at radius 3 is 2.36 bits per heavy atom. The number of carbonyl (C=O) groups excluding carboxylic acids is 1. The van der Waals surface area contributed by atoms with Crippen molar-refractivity contribution in [2.75, 3.05) is 13.1 Å². The van der Waals surface area contributed by atoms with Gasteiger partial charge in [0.05, 0.1) is 16.7 Å². The second-order valence-electron chi connectivity index (χ2n) is 9.85. The molecule has 2 aliphatic rings. The van der Waals surface area contributed by atoms with Crippen molar-refractivity contribution in [3.8, 4) is 0 Å². The highest BCUT2D eigenvalue weighted by molar-refractivity contribution is 7.85. The molecule has 1 aromatic heterocycles. The summed E-state index contributed by atoms with van der Waals surface area (Å²) in [5, 5.41) is 4.37. The summed E-state index contributed by atoms with van der Waals surface area (Å²) in [6.07, 6.45) is 3.95. The van der Waals surface area contributed by atoms with Crippen molar-refractivity contribution in [1.82, 2.24) is 14.7 Å². The van der Waals surface area contributed by atoms with Gasteiger partial charge in [0.1, 0.15) is 16.6 Å². The third kappa shape index (κ3) is 4.02. The average Bonchev–Trinajstić information content (AvgIpc) is 3.04. The van der Waals surface area contributed by atoms with Gasteiger partial charge in [-0.05, 0) is 54.4 Å². The van der Waals surface area contributed by atoms with Crippen LogP contribution in [0.3, 0.4) is 0 Å². The fourth-order valence-electron chi connectivity index (χ4n) is 3.78. The monoisotopic (exact) mass is 408 g/mol. The molecular weight excluding hydrogens is 376 g/mol. The van der Waals surface area contributed by atoms with Crippen LogP contribution in [0.4, 0.5) is 4.79 Å². The predicted molar refractivity (Wildman–Crippen MR) is 111 cm³/mol. The lowest BCUT2D eigenvalue weighted by Crippen LogP contribution is -2.47. The minimum Gasteiger partial charge on any atom is -0.444 e. The van der Waals surface area contributed by atoms with E-state index in [0.29, 0.717) is 13.1 Å². The largest absolute Gasteiger partial charge is 0.444 e. The van der Waals surface area contributed by atoms with Gasteiger partial charge in [-0.15, -0.1) is 0 Å². The molecule has 0 saturated carbocycles. The Morgan fingerprint density at radius 1 is 1.21 bits per heavy atom. The van der Waals surface area contributed by atoms with E-state index < -0.39 is 21.3 Å². The van der Waals surface area contributed by atoms with E-state index >= 15 is 0 Å². The summed E-state index contributed by atoms with van der Waals surface area (Å²) in [5.41, 5.74) is 2.34. The first-order chi connectivity index (χ1) is 12.8. The molecule has 1 amide bonds. The number of hydrogen-bond donors (Lipinski definition) is 0. The molecule has 1 spiro atoms. The molecule has 0 unspecified atom stereocenters. The summed E-state index contributed by atoms with van der Waals surface area (Å²) in [6.45, 7) is 12.7. The molecule has 1 fully saturated rings. The zero-order valence-corrected chi connectivity index (χ0v) is 18.9. The summed E-state index contributed by atoms with van der Waals surface area (Å²) >= 11 is 0. The molecule has 156 valence electrons. The molecule has 0 aromatic carbocycles. The van der Waals surface area contributed by atoms with Gasteiger partial charge in [-0.1, -0.05) is 0 Å². The maximum absolute atomic E-state index is 12.8. The second-order valence-corrected chi connectivity index (χ2v) is 11.8. The van der Waals surface area contributed by atoms with Crippen molar-refractivity contribution in [2.24, 2.45) is 16.9 Å². The van der Waals surface area contributed by atoms with Crippen molar-refractivity contribution in [3.05, 3.63) is 17.5 Å². The van der Waals surface area contributed by atoms with Crippen molar-refractivity contribution in [2.45, 2.75) is 71.2 Å². The molecule has 0 radical (unpaired) electrons. The third-order valence-corrected chi connectivity index (χ3v) is 6.79. The Kier molecular flexibility index (Phi) is 5.23. The van der Waals surface area contributed by atoms with Crippen LogP contribution in [0, 0.1) is 5.41 Å². The van der Waals surface area contributed by atoms with Crippen LogP contribution in [0.1, 0.15) is 65.6 Å². The Balaban J connectivity index is 1.86. The van der Waals surface area contributed by atoms with Gasteiger partial charge in [0.25, 0.3) is 0 Å². The molecule has 28 heavy (non-hydrogen) atoms. The zero-order valence-electron chi connectivity index (χ0n) is 18.0. The van der Waals surface area contributed by atoms with Gasteiger partial charge < -0.3 is 9.64 Å². The minimum atomic E-state index is -1.34. The molecule has 0 bridgehead atoms. The normalized spacial score (nSPS) is 21.8. The number of ether oxygens (including phenoxy) is 1. The lowest BCUT2D eigenvalue weighted by atomic mass is 9.75. The van der Waals surface area contributed by atoms with Gasteiger partial charge in [0.2, 0.25) is 0 Å². The van der Waals surface area contributed by atoms with Crippen LogP contribution in [-0.2, 0) is 29.2 Å². The predicted octanol–water partition coefficient (Wildman–Crippen LogP) is 3.24. The van der Waals surface area contributed by atoms with E-state index in [9.17, 15) is 9.00 Å². The number of aromatic nitrogens is 2. The summed E-state index contributed by atoms with van der Waals surface area (Å²) in [7, 11) is 0.598. The summed E-state index contributed by atoms with van der Waals surface area (Å²) in [4.78, 5) is 14.2. The average molecular weight is 409 g/mol. The summed E-state index contributed by atoms with van der Waals surface area (Å²) < 4.78 is 24.5. The highest BCUT2D eigenvalue weighted by atomic mass is 32.2. The number of carbonyl (C=O) groups is 1. The van der Waals surface area contributed by atoms with Crippen LogP contribution >= 0.6 is 0 Å². The van der Waals surface area contributed by atoms with Gasteiger partial charge in [0, 0.05) is 43.2 Å². The third-order valence-electron chi connectivity index (χ3n) is 5.40. The first kappa shape index (κ1) is 21.0. The molecule has 1 aromatic rings. The van der Waals surface area contributed by atoms with E-state index in [-0.39, 0.29) is 11.5 Å². The van der Waals surface area contributed by atoms with Crippen LogP contribution < -0.4 is 0 Å². The van der Waals surface area contributed by atoms with E-state index in [1.807, 2.05) is 59.5 Å². The van der Waals surface area contributed by atoms with E-state index in [4.69, 9.17) is 9.13 Å². The highest BCUT2D eigenvalue weighted by Crippen LogP contribution is 2.45. The Morgan fingerprint density at radius 2 is 1.82 bits per heavy atom. The van der Waals surface area contributed by atoms with Gasteiger partial charge in [0.15, 0.2) is 0 Å². The highest BCUT2D eigenvalue weighted by Gasteiger charge is 2.48. The number of likely N-dealkylation sites (tertiary alicyclic amines) is 1. The van der Waals surface area contributed by atoms with Gasteiger partial charge in [-0.25, -0.2) is 9.00 Å². The van der Waals surface area contributed by atoms with Crippen LogP contribution in [-0.4, -0.2) is 54.1 Å². The molecular formula is C20H32N4O3S. The maximum Gasteiger partial charge on any atom is 0.410 e. The zero-order chi connectivity index (χ0) is 20.9. The molecule has 8 heteroatoms. The van der Waals surface area contributed by atoms with E-state index in [0.717, 1.165) is 36.2 Å². The maximum atomic E-state index is 12.8. The topological polar surface area (TPSA) is 76.8 Å². The minimum absolute atomic E-state index is 0.190. The summed E-state index contributed by atoms with van der Waals surface area (Å²) in [6, 6.07) is 0. The van der Waals surface area contributed by atoms with Gasteiger partial charge >= 0.3 is 6.09 Å². The standard InChI is InChI=1S/C20H32N4O3S/c1-18(2,3)27-17(25)24-10-8-20(9-11-24)12-15-14(13-21-23(15)7)16(20)22-28(26)19(4,5)6/h13H,8-12H2,1-7H3/b22-16-/t28-/m1/s1.